The Morgan fingerprint density at radius 1 is 0.594 bits per heavy atom. The number of ether oxygens (including phenoxy) is 5. The zero-order valence-corrected chi connectivity index (χ0v) is 37.5. The van der Waals surface area contributed by atoms with Gasteiger partial charge in [0.25, 0.3) is 0 Å². The molecule has 2 aliphatic rings. The van der Waals surface area contributed by atoms with Gasteiger partial charge >= 0.3 is 36.4 Å². The molecule has 4 heterocycles. The number of para-hydroxylation sites is 2. The molecule has 2 aromatic heterocycles. The molecule has 0 aliphatic carbocycles. The van der Waals surface area contributed by atoms with Gasteiger partial charge in [-0.25, -0.2) is 9.59 Å². The highest BCUT2D eigenvalue weighted by Crippen LogP contribution is 2.42. The van der Waals surface area contributed by atoms with Crippen molar-refractivity contribution < 1.29 is 77.6 Å². The van der Waals surface area contributed by atoms with Crippen LogP contribution in [0.5, 0.6) is 23.0 Å². The van der Waals surface area contributed by atoms with Crippen molar-refractivity contribution in [3.63, 3.8) is 0 Å². The summed E-state index contributed by atoms with van der Waals surface area (Å²) in [6.45, 7) is 1.00. The largest absolute Gasteiger partial charge is 0.493 e. The second-order valence-electron chi connectivity index (χ2n) is 15.8. The summed E-state index contributed by atoms with van der Waals surface area (Å²) in [6.07, 6.45) is -7.84. The first-order valence-corrected chi connectivity index (χ1v) is 21.3. The average molecular weight is 979 g/mol. The van der Waals surface area contributed by atoms with Crippen molar-refractivity contribution in [2.75, 3.05) is 41.5 Å². The zero-order valence-electron chi connectivity index (χ0n) is 37.5. The lowest BCUT2D eigenvalue weighted by Gasteiger charge is -2.38. The minimum absolute atomic E-state index is 0.000617. The highest BCUT2D eigenvalue weighted by molar-refractivity contribution is 5.91. The average Bonchev–Trinajstić information content (AvgIpc) is 3.94. The third-order valence-corrected chi connectivity index (χ3v) is 11.7. The molecule has 0 saturated heterocycles. The van der Waals surface area contributed by atoms with Crippen molar-refractivity contribution in [1.29, 1.82) is 0 Å². The van der Waals surface area contributed by atoms with Crippen LogP contribution in [0.3, 0.4) is 0 Å². The minimum atomic E-state index is -5.62. The Morgan fingerprint density at radius 3 is 1.52 bits per heavy atom. The van der Waals surface area contributed by atoms with E-state index in [4.69, 9.17) is 18.9 Å². The number of hydrogen-bond acceptors (Lipinski definition) is 9. The van der Waals surface area contributed by atoms with Crippen molar-refractivity contribution in [1.82, 2.24) is 20.2 Å². The molecule has 3 N–H and O–H groups in total. The Morgan fingerprint density at radius 2 is 1.04 bits per heavy atom. The molecule has 0 saturated carbocycles. The maximum Gasteiger partial charge on any atom is 0.491 e. The van der Waals surface area contributed by atoms with E-state index in [1.54, 1.807) is 26.4 Å². The Balaban J connectivity index is 0.000000185. The van der Waals surface area contributed by atoms with E-state index < -0.39 is 42.4 Å². The number of carbonyl (C=O) groups is 3. The highest BCUT2D eigenvalue weighted by Gasteiger charge is 2.49. The van der Waals surface area contributed by atoms with Crippen molar-refractivity contribution in [3.05, 3.63) is 119 Å². The Hall–Kier alpha value is -6.90. The number of esters is 2. The molecular formula is C48H47F9N4O8. The van der Waals surface area contributed by atoms with Gasteiger partial charge in [0.1, 0.15) is 0 Å². The topological polar surface area (TPSA) is 144 Å². The summed E-state index contributed by atoms with van der Waals surface area (Å²) in [5.41, 5.74) is 8.79. The quantitative estimate of drug-likeness (QED) is 0.0694. The molecule has 4 aromatic carbocycles. The number of aromatic amines is 2. The first kappa shape index (κ1) is 51.5. The fourth-order valence-electron chi connectivity index (χ4n) is 8.44. The number of amides is 1. The zero-order chi connectivity index (χ0) is 50.3. The van der Waals surface area contributed by atoms with Gasteiger partial charge in [0, 0.05) is 46.8 Å². The molecule has 370 valence electrons. The number of H-pyrrole nitrogens is 2. The molecule has 1 amide bonds. The summed E-state index contributed by atoms with van der Waals surface area (Å²) in [4.78, 5) is 39.0. The molecule has 0 radical (unpaired) electrons. The van der Waals surface area contributed by atoms with Gasteiger partial charge < -0.3 is 43.9 Å². The van der Waals surface area contributed by atoms with E-state index in [9.17, 15) is 53.9 Å². The van der Waals surface area contributed by atoms with E-state index in [-0.39, 0.29) is 6.54 Å². The van der Waals surface area contributed by atoms with Gasteiger partial charge in [-0.3, -0.25) is 4.79 Å². The Labute approximate surface area is 389 Å². The summed E-state index contributed by atoms with van der Waals surface area (Å²) in [7, 11) is 6.38. The first-order valence-electron chi connectivity index (χ1n) is 21.3. The molecule has 0 spiro atoms. The highest BCUT2D eigenvalue weighted by atomic mass is 19.4. The van der Waals surface area contributed by atoms with Crippen LogP contribution in [0, 0.1) is 0 Å². The van der Waals surface area contributed by atoms with Gasteiger partial charge in [-0.05, 0) is 115 Å². The van der Waals surface area contributed by atoms with Crippen molar-refractivity contribution in [2.24, 2.45) is 0 Å². The smallest absolute Gasteiger partial charge is 0.491 e. The number of rotatable bonds is 10. The maximum atomic E-state index is 13.3. The number of nitrogens with one attached hydrogen (secondary N) is 3. The number of aromatic nitrogens is 2. The number of nitrogens with zero attached hydrogens (tertiary/aromatic N) is 1. The second kappa shape index (κ2) is 21.6. The number of methoxy groups -OCH3 is 4. The second-order valence-corrected chi connectivity index (χ2v) is 15.8. The fraction of sp³-hybridized carbons (Fsp3) is 0.354. The third-order valence-electron chi connectivity index (χ3n) is 11.7. The lowest BCUT2D eigenvalue weighted by molar-refractivity contribution is -0.221. The molecule has 12 nitrogen and oxygen atoms in total. The molecular weight excluding hydrogens is 932 g/mol. The number of carbonyl (C=O) groups excluding carboxylic acids is 3. The summed E-state index contributed by atoms with van der Waals surface area (Å²) < 4.78 is 131. The molecule has 2 unspecified atom stereocenters. The minimum Gasteiger partial charge on any atom is -0.493 e. The molecule has 0 fully saturated rings. The first-order chi connectivity index (χ1) is 32.7. The normalized spacial score (nSPS) is 15.7. The monoisotopic (exact) mass is 978 g/mol. The van der Waals surface area contributed by atoms with Crippen molar-refractivity contribution in [2.45, 2.75) is 69.1 Å². The lowest BCUT2D eigenvalue weighted by atomic mass is 9.88. The van der Waals surface area contributed by atoms with E-state index >= 15 is 0 Å². The molecule has 8 rings (SSSR count). The van der Waals surface area contributed by atoms with Gasteiger partial charge in [0.05, 0.1) is 34.5 Å². The van der Waals surface area contributed by atoms with Gasteiger partial charge in [-0.15, -0.1) is 0 Å². The number of aryl methyl sites for hydroxylation is 2. The van der Waals surface area contributed by atoms with Gasteiger partial charge in [-0.1, -0.05) is 36.4 Å². The van der Waals surface area contributed by atoms with E-state index in [1.807, 2.05) is 30.5 Å². The van der Waals surface area contributed by atoms with Gasteiger partial charge in [0.2, 0.25) is 0 Å². The van der Waals surface area contributed by atoms with Crippen LogP contribution < -0.4 is 24.3 Å². The predicted molar refractivity (Wildman–Crippen MR) is 234 cm³/mol. The number of alkyl halides is 9. The molecule has 0 bridgehead atoms. The van der Waals surface area contributed by atoms with Crippen molar-refractivity contribution in [3.8, 4) is 23.0 Å². The summed E-state index contributed by atoms with van der Waals surface area (Å²) in [5.74, 6) is -5.63. The van der Waals surface area contributed by atoms with Crippen molar-refractivity contribution >= 4 is 39.7 Å². The number of hydrogen-bond donors (Lipinski definition) is 3. The fourth-order valence-corrected chi connectivity index (χ4v) is 8.44. The predicted octanol–water partition coefficient (Wildman–Crippen LogP) is 9.99. The standard InChI is InChI=1S/C23H23F3N2O3.C21H24N2O2.C4F6O3/c1-30-20-11-14-9-10-28(22(29)23(24,25)26)19(17(14)12-21(20)31-2)8-7-15-13-27-18-6-4-3-5-16(15)18;1-24-20-11-14-9-10-22-19(17(14)12-21(20)25-2)8-7-15-13-23-18-6-4-3-5-16(15)18;5-3(6,7)1(11)13-2(12)4(8,9)10/h3-6,11-13,19,27H,7-10H2,1-2H3;3-6,11-13,19,22-23H,7-10H2,1-2H3;. The SMILES string of the molecule is COc1cc2c(cc1OC)C(CCc1c[nH]c3ccccc13)N(C(=O)C(F)(F)F)CC2.COc1cc2c(cc1OC)C(CCc1c[nH]c3ccccc13)NCC2.O=C(OC(=O)C(F)(F)F)C(F)(F)F. The van der Waals surface area contributed by atoms with Gasteiger partial charge in [0.15, 0.2) is 23.0 Å². The van der Waals surface area contributed by atoms with Gasteiger partial charge in [-0.2, -0.15) is 39.5 Å². The lowest BCUT2D eigenvalue weighted by Crippen LogP contribution is -2.46. The molecule has 2 aliphatic heterocycles. The summed E-state index contributed by atoms with van der Waals surface area (Å²) in [6, 6.07) is 23.7. The van der Waals surface area contributed by atoms with Crippen LogP contribution in [-0.4, -0.2) is 92.8 Å². The molecule has 2 atom stereocenters. The van der Waals surface area contributed by atoms with E-state index in [0.29, 0.717) is 42.4 Å². The van der Waals surface area contributed by atoms with Crippen LogP contribution >= 0.6 is 0 Å². The summed E-state index contributed by atoms with van der Waals surface area (Å²) in [5, 5.41) is 6.02. The van der Waals surface area contributed by atoms with Crippen LogP contribution in [0.15, 0.2) is 85.2 Å². The van der Waals surface area contributed by atoms with Crippen LogP contribution in [0.25, 0.3) is 21.8 Å². The molecule has 21 heteroatoms. The van der Waals surface area contributed by atoms with E-state index in [1.165, 1.54) is 41.8 Å². The van der Waals surface area contributed by atoms with E-state index in [0.717, 1.165) is 64.2 Å². The van der Waals surface area contributed by atoms with Crippen LogP contribution in [0.1, 0.15) is 58.3 Å². The Bertz CT molecular complexity index is 2740. The number of benzene rings is 4. The van der Waals surface area contributed by atoms with E-state index in [2.05, 4.69) is 62.6 Å². The van der Waals surface area contributed by atoms with Crippen LogP contribution in [-0.2, 0) is 44.8 Å². The Kier molecular flexibility index (Phi) is 16.1. The third kappa shape index (κ3) is 12.2. The molecule has 69 heavy (non-hydrogen) atoms. The maximum absolute atomic E-state index is 13.3. The van der Waals surface area contributed by atoms with Crippen LogP contribution in [0.2, 0.25) is 0 Å². The molecule has 6 aromatic rings. The summed E-state index contributed by atoms with van der Waals surface area (Å²) >= 11 is 0. The number of fused-ring (bicyclic) bond motifs is 4. The van der Waals surface area contributed by atoms with Crippen LogP contribution in [0.4, 0.5) is 39.5 Å². The number of halogens is 9.